The fourth-order valence-electron chi connectivity index (χ4n) is 0.566. The molecule has 0 aromatic carbocycles. The summed E-state index contributed by atoms with van der Waals surface area (Å²) in [6.45, 7) is 0. The molecule has 0 unspecified atom stereocenters. The zero-order valence-corrected chi connectivity index (χ0v) is 10.2. The molecule has 1 N–H and O–H groups in total. The number of nitrogens with one attached hydrogen (secondary N) is 1. The molecule has 0 fully saturated rings. The minimum absolute atomic E-state index is 0. The van der Waals surface area contributed by atoms with Crippen molar-refractivity contribution in [2.75, 3.05) is 7.11 Å². The van der Waals surface area contributed by atoms with Gasteiger partial charge in [0.15, 0.2) is 0 Å². The first-order chi connectivity index (χ1) is 5.16. The summed E-state index contributed by atoms with van der Waals surface area (Å²) in [7, 11) is 1.20. The van der Waals surface area contributed by atoms with E-state index in [1.165, 1.54) is 7.11 Å². The topological polar surface area (TPSA) is 59.2 Å². The fourth-order valence-corrected chi connectivity index (χ4v) is 1.43. The van der Waals surface area contributed by atoms with Gasteiger partial charge in [-0.1, -0.05) is 4.21 Å². The Morgan fingerprint density at radius 2 is 2.25 bits per heavy atom. The van der Waals surface area contributed by atoms with Crippen LogP contribution in [0.3, 0.4) is 0 Å². The summed E-state index contributed by atoms with van der Waals surface area (Å²) in [6, 6.07) is 0. The zero-order chi connectivity index (χ0) is 8.43. The molecule has 0 atom stereocenters. The van der Waals surface area contributed by atoms with Crippen LogP contribution in [0.5, 0.6) is 0 Å². The minimum Gasteiger partial charge on any atom is -0.465 e. The fraction of sp³-hybridized carbons (Fsp3) is 0.200. The van der Waals surface area contributed by atoms with Gasteiger partial charge in [-0.05, 0) is 0 Å². The van der Waals surface area contributed by atoms with Gasteiger partial charge < -0.3 is 21.7 Å². The normalized spacial score (nSPS) is 8.75. The third kappa shape index (κ3) is 2.30. The molecule has 0 radical (unpaired) electrons. The quantitative estimate of drug-likeness (QED) is 0.309. The summed E-state index contributed by atoms with van der Waals surface area (Å²) in [4.78, 5) is 21.6. The SMILES string of the molecule is COC(=O)c1c([S-])s[nH]c1=O.[Na+]. The van der Waals surface area contributed by atoms with Crippen molar-refractivity contribution in [1.29, 1.82) is 0 Å². The van der Waals surface area contributed by atoms with Gasteiger partial charge in [-0.25, -0.2) is 4.79 Å². The first kappa shape index (κ1) is 12.1. The van der Waals surface area contributed by atoms with E-state index in [4.69, 9.17) is 12.6 Å². The van der Waals surface area contributed by atoms with Gasteiger partial charge in [0.05, 0.1) is 7.11 Å². The molecule has 0 amide bonds. The molecule has 0 aliphatic carbocycles. The van der Waals surface area contributed by atoms with E-state index in [9.17, 15) is 9.59 Å². The van der Waals surface area contributed by atoms with Crippen molar-refractivity contribution < 1.29 is 39.1 Å². The number of carbonyl (C=O) groups excluding carboxylic acids is 1. The summed E-state index contributed by atoms with van der Waals surface area (Å²) >= 11 is 5.65. The van der Waals surface area contributed by atoms with E-state index in [1.807, 2.05) is 0 Å². The molecule has 0 bridgehead atoms. The average Bonchev–Trinajstić information content (AvgIpc) is 2.30. The third-order valence-corrected chi connectivity index (χ3v) is 2.19. The number of hydrogen-bond acceptors (Lipinski definition) is 5. The Balaban J connectivity index is 0.00000121. The number of H-pyrrole nitrogens is 1. The Hall–Kier alpha value is 0.120. The Morgan fingerprint density at radius 3 is 2.58 bits per heavy atom. The maximum atomic E-state index is 10.8. The number of methoxy groups -OCH3 is 1. The molecule has 60 valence electrons. The number of rotatable bonds is 1. The number of hydrogen-bond donors (Lipinski definition) is 1. The van der Waals surface area contributed by atoms with Gasteiger partial charge in [-0.2, -0.15) is 0 Å². The van der Waals surface area contributed by atoms with E-state index in [0.717, 1.165) is 11.5 Å². The standard InChI is InChI=1S/C5H5NO3S2.Na/c1-9-4(8)2-3(7)6-11-5(2)10;/h10H,1H3,(H,6,7);/q;+1/p-1. The van der Waals surface area contributed by atoms with Gasteiger partial charge >= 0.3 is 35.5 Å². The molecular weight excluding hydrogens is 209 g/mol. The van der Waals surface area contributed by atoms with Gasteiger partial charge in [-0.3, -0.25) is 16.3 Å². The number of carbonyl (C=O) groups is 1. The predicted octanol–water partition coefficient (Wildman–Crippen LogP) is -2.87. The van der Waals surface area contributed by atoms with Crippen LogP contribution in [-0.2, 0) is 17.4 Å². The first-order valence-corrected chi connectivity index (χ1v) is 3.86. The van der Waals surface area contributed by atoms with Crippen LogP contribution in [0.1, 0.15) is 10.4 Å². The molecule has 0 spiro atoms. The van der Waals surface area contributed by atoms with Crippen LogP contribution in [0.15, 0.2) is 9.00 Å². The van der Waals surface area contributed by atoms with E-state index in [0.29, 0.717) is 0 Å². The second-order valence-corrected chi connectivity index (χ2v) is 3.17. The number of aromatic amines is 1. The molecule has 0 saturated carbocycles. The van der Waals surface area contributed by atoms with Gasteiger partial charge in [-0.15, -0.1) is 0 Å². The smallest absolute Gasteiger partial charge is 0.465 e. The second-order valence-electron chi connectivity index (χ2n) is 1.69. The molecule has 12 heavy (non-hydrogen) atoms. The molecule has 0 aliphatic rings. The van der Waals surface area contributed by atoms with Crippen LogP contribution in [0, 0.1) is 0 Å². The van der Waals surface area contributed by atoms with E-state index in [-0.39, 0.29) is 39.3 Å². The monoisotopic (exact) mass is 213 g/mol. The molecule has 4 nitrogen and oxygen atoms in total. The van der Waals surface area contributed by atoms with Crippen LogP contribution < -0.4 is 35.1 Å². The first-order valence-electron chi connectivity index (χ1n) is 2.63. The van der Waals surface area contributed by atoms with Gasteiger partial charge in [0, 0.05) is 0 Å². The molecule has 1 heterocycles. The molecule has 0 aliphatic heterocycles. The van der Waals surface area contributed by atoms with Crippen LogP contribution >= 0.6 is 11.5 Å². The summed E-state index contributed by atoms with van der Waals surface area (Å²) in [5.41, 5.74) is -0.556. The van der Waals surface area contributed by atoms with E-state index >= 15 is 0 Å². The number of aromatic nitrogens is 1. The summed E-state index contributed by atoms with van der Waals surface area (Å²) in [6.07, 6.45) is 0. The molecule has 1 aromatic heterocycles. The summed E-state index contributed by atoms with van der Waals surface area (Å²) < 4.78 is 6.91. The predicted molar refractivity (Wildman–Crippen MR) is 41.9 cm³/mol. The van der Waals surface area contributed by atoms with Crippen LogP contribution in [0.25, 0.3) is 0 Å². The third-order valence-electron chi connectivity index (χ3n) is 1.06. The Kier molecular flexibility index (Phi) is 5.03. The largest absolute Gasteiger partial charge is 1.00 e. The zero-order valence-electron chi connectivity index (χ0n) is 6.54. The Labute approximate surface area is 100 Å². The van der Waals surface area contributed by atoms with Crippen molar-refractivity contribution in [2.45, 2.75) is 4.21 Å². The van der Waals surface area contributed by atoms with Crippen molar-refractivity contribution in [2.24, 2.45) is 0 Å². The van der Waals surface area contributed by atoms with Crippen molar-refractivity contribution >= 4 is 30.1 Å². The van der Waals surface area contributed by atoms with Crippen LogP contribution in [0.4, 0.5) is 0 Å². The number of ether oxygens (including phenoxy) is 1. The molecule has 7 heteroatoms. The molecular formula is C5H4NNaO3S2. The molecule has 0 saturated heterocycles. The van der Waals surface area contributed by atoms with Crippen molar-refractivity contribution in [3.05, 3.63) is 15.9 Å². The van der Waals surface area contributed by atoms with Crippen molar-refractivity contribution in [3.63, 3.8) is 0 Å². The average molecular weight is 213 g/mol. The maximum absolute atomic E-state index is 10.8. The van der Waals surface area contributed by atoms with E-state index in [1.54, 1.807) is 0 Å². The molecule has 1 rings (SSSR count). The van der Waals surface area contributed by atoms with E-state index < -0.39 is 11.5 Å². The Morgan fingerprint density at radius 1 is 1.67 bits per heavy atom. The molecule has 1 aromatic rings. The van der Waals surface area contributed by atoms with Gasteiger partial charge in [0.1, 0.15) is 5.56 Å². The van der Waals surface area contributed by atoms with Gasteiger partial charge in [0.25, 0.3) is 5.56 Å². The van der Waals surface area contributed by atoms with Crippen LogP contribution in [0.2, 0.25) is 0 Å². The maximum Gasteiger partial charge on any atom is 1.00 e. The second kappa shape index (κ2) is 4.98. The minimum atomic E-state index is -0.683. The summed E-state index contributed by atoms with van der Waals surface area (Å²) in [5.74, 6) is -0.683. The number of esters is 1. The Bertz CT molecular complexity index is 332. The van der Waals surface area contributed by atoms with Crippen LogP contribution in [-0.4, -0.2) is 17.5 Å². The summed E-state index contributed by atoms with van der Waals surface area (Å²) in [5, 5.41) is 0. The van der Waals surface area contributed by atoms with E-state index in [2.05, 4.69) is 9.11 Å². The van der Waals surface area contributed by atoms with Crippen molar-refractivity contribution in [1.82, 2.24) is 4.37 Å². The van der Waals surface area contributed by atoms with Gasteiger partial charge in [0.2, 0.25) is 0 Å². The van der Waals surface area contributed by atoms with Crippen molar-refractivity contribution in [3.8, 4) is 0 Å².